The summed E-state index contributed by atoms with van der Waals surface area (Å²) in [5, 5.41) is 10.3. The number of nitrogens with zero attached hydrogens (tertiary/aromatic N) is 1. The van der Waals surface area contributed by atoms with Crippen LogP contribution in [0.4, 0.5) is 0 Å². The first kappa shape index (κ1) is 17.8. The zero-order chi connectivity index (χ0) is 17.8. The molecule has 0 saturated carbocycles. The van der Waals surface area contributed by atoms with E-state index >= 15 is 0 Å². The van der Waals surface area contributed by atoms with Crippen LogP contribution in [0.15, 0.2) is 48.5 Å². The second kappa shape index (κ2) is 7.89. The molecule has 25 heavy (non-hydrogen) atoms. The molecule has 1 aliphatic rings. The largest absolute Gasteiger partial charge is 0.494 e. The topological polar surface area (TPSA) is 49.8 Å². The van der Waals surface area contributed by atoms with Crippen molar-refractivity contribution < 1.29 is 14.6 Å². The van der Waals surface area contributed by atoms with Crippen LogP contribution in [0.2, 0.25) is 5.02 Å². The lowest BCUT2D eigenvalue weighted by molar-refractivity contribution is -0.142. The zero-order valence-electron chi connectivity index (χ0n) is 14.2. The van der Waals surface area contributed by atoms with Crippen LogP contribution in [0, 0.1) is 0 Å². The maximum absolute atomic E-state index is 11.7. The molecule has 2 atom stereocenters. The number of ether oxygens (including phenoxy) is 1. The first-order valence-electron chi connectivity index (χ1n) is 8.57. The number of carboxylic acid groups (broad SMARTS) is 1. The number of hydrogen-bond acceptors (Lipinski definition) is 3. The zero-order valence-corrected chi connectivity index (χ0v) is 14.9. The van der Waals surface area contributed by atoms with E-state index in [1.165, 1.54) is 0 Å². The molecular weight excluding hydrogens is 338 g/mol. The van der Waals surface area contributed by atoms with Gasteiger partial charge in [-0.05, 0) is 55.2 Å². The van der Waals surface area contributed by atoms with Crippen molar-refractivity contribution in [1.82, 2.24) is 4.90 Å². The van der Waals surface area contributed by atoms with Gasteiger partial charge in [0.1, 0.15) is 11.8 Å². The molecule has 1 aliphatic heterocycles. The fourth-order valence-electron chi connectivity index (χ4n) is 3.53. The van der Waals surface area contributed by atoms with E-state index in [2.05, 4.69) is 4.90 Å². The van der Waals surface area contributed by atoms with Gasteiger partial charge in [0.05, 0.1) is 12.6 Å². The molecule has 1 fully saturated rings. The van der Waals surface area contributed by atoms with E-state index < -0.39 is 12.0 Å². The smallest absolute Gasteiger partial charge is 0.320 e. The third-order valence-corrected chi connectivity index (χ3v) is 4.82. The molecule has 3 rings (SSSR count). The average Bonchev–Trinajstić information content (AvgIpc) is 3.07. The lowest BCUT2D eigenvalue weighted by Crippen LogP contribution is -2.39. The van der Waals surface area contributed by atoms with Crippen LogP contribution in [0.25, 0.3) is 0 Å². The maximum atomic E-state index is 11.7. The fourth-order valence-corrected chi connectivity index (χ4v) is 3.73. The summed E-state index contributed by atoms with van der Waals surface area (Å²) in [5.74, 6) is 0.0442. The molecular formula is C20H22ClNO3. The van der Waals surface area contributed by atoms with Gasteiger partial charge in [-0.15, -0.1) is 0 Å². The summed E-state index contributed by atoms with van der Waals surface area (Å²) in [6.45, 7) is 3.32. The molecule has 1 heterocycles. The Morgan fingerprint density at radius 1 is 1.28 bits per heavy atom. The van der Waals surface area contributed by atoms with Crippen molar-refractivity contribution in [2.75, 3.05) is 13.2 Å². The average molecular weight is 360 g/mol. The molecule has 0 amide bonds. The predicted octanol–water partition coefficient (Wildman–Crippen LogP) is 4.38. The Hall–Kier alpha value is -2.04. The Balaban J connectivity index is 2.01. The minimum Gasteiger partial charge on any atom is -0.494 e. The molecule has 0 radical (unpaired) electrons. The number of aliphatic carboxylic acids is 1. The van der Waals surface area contributed by atoms with Crippen molar-refractivity contribution >= 4 is 17.6 Å². The molecule has 0 bridgehead atoms. The van der Waals surface area contributed by atoms with E-state index in [1.54, 1.807) is 0 Å². The number of benzene rings is 2. The summed E-state index contributed by atoms with van der Waals surface area (Å²) in [6, 6.07) is 14.9. The molecule has 0 aromatic heterocycles. The minimum atomic E-state index is -0.768. The molecule has 1 N–H and O–H groups in total. The third kappa shape index (κ3) is 3.97. The standard InChI is InChI=1S/C20H22ClNO3/c1-2-25-17-10-8-14(9-11-17)19(15-5-3-6-16(21)13-15)22-12-4-7-18(22)20(23)24/h3,5-6,8-11,13,18-19H,2,4,7,12H2,1H3,(H,23,24). The lowest BCUT2D eigenvalue weighted by Gasteiger charge is -2.32. The Kier molecular flexibility index (Phi) is 5.61. The van der Waals surface area contributed by atoms with Crippen LogP contribution in [0.3, 0.4) is 0 Å². The first-order valence-corrected chi connectivity index (χ1v) is 8.94. The Labute approximate surface area is 153 Å². The van der Waals surface area contributed by atoms with E-state index in [4.69, 9.17) is 16.3 Å². The van der Waals surface area contributed by atoms with Crippen LogP contribution in [-0.4, -0.2) is 35.2 Å². The van der Waals surface area contributed by atoms with E-state index in [1.807, 2.05) is 55.5 Å². The Bertz CT molecular complexity index is 732. The molecule has 2 aromatic rings. The van der Waals surface area contributed by atoms with Crippen LogP contribution >= 0.6 is 11.6 Å². The highest BCUT2D eigenvalue weighted by molar-refractivity contribution is 6.30. The highest BCUT2D eigenvalue weighted by atomic mass is 35.5. The van der Waals surface area contributed by atoms with Gasteiger partial charge in [-0.2, -0.15) is 0 Å². The van der Waals surface area contributed by atoms with Gasteiger partial charge < -0.3 is 9.84 Å². The van der Waals surface area contributed by atoms with Gasteiger partial charge in [-0.1, -0.05) is 35.9 Å². The van der Waals surface area contributed by atoms with E-state index in [9.17, 15) is 9.90 Å². The normalized spacial score (nSPS) is 18.9. The molecule has 4 nitrogen and oxygen atoms in total. The van der Waals surface area contributed by atoms with Crippen molar-refractivity contribution in [3.63, 3.8) is 0 Å². The number of likely N-dealkylation sites (tertiary alicyclic amines) is 1. The van der Waals surface area contributed by atoms with Crippen molar-refractivity contribution in [2.45, 2.75) is 31.8 Å². The molecule has 2 unspecified atom stereocenters. The molecule has 1 saturated heterocycles. The monoisotopic (exact) mass is 359 g/mol. The first-order chi connectivity index (χ1) is 12.1. The summed E-state index contributed by atoms with van der Waals surface area (Å²) in [7, 11) is 0. The van der Waals surface area contributed by atoms with E-state index in [0.717, 1.165) is 29.8 Å². The maximum Gasteiger partial charge on any atom is 0.320 e. The number of halogens is 1. The molecule has 0 aliphatic carbocycles. The predicted molar refractivity (Wildman–Crippen MR) is 98.3 cm³/mol. The SMILES string of the molecule is CCOc1ccc(C(c2cccc(Cl)c2)N2CCCC2C(=O)O)cc1. The van der Waals surface area contributed by atoms with Crippen molar-refractivity contribution in [2.24, 2.45) is 0 Å². The fraction of sp³-hybridized carbons (Fsp3) is 0.350. The van der Waals surface area contributed by atoms with Crippen LogP contribution in [0.5, 0.6) is 5.75 Å². The minimum absolute atomic E-state index is 0.141. The van der Waals surface area contributed by atoms with Gasteiger partial charge in [-0.25, -0.2) is 0 Å². The summed E-state index contributed by atoms with van der Waals surface area (Å²) >= 11 is 6.19. The second-order valence-corrected chi connectivity index (χ2v) is 6.63. The van der Waals surface area contributed by atoms with Crippen molar-refractivity contribution in [3.05, 3.63) is 64.7 Å². The number of rotatable bonds is 6. The van der Waals surface area contributed by atoms with E-state index in [0.29, 0.717) is 18.1 Å². The molecule has 5 heteroatoms. The number of carboxylic acids is 1. The highest BCUT2D eigenvalue weighted by Gasteiger charge is 2.36. The van der Waals surface area contributed by atoms with Gasteiger partial charge >= 0.3 is 5.97 Å². The second-order valence-electron chi connectivity index (χ2n) is 6.19. The third-order valence-electron chi connectivity index (χ3n) is 4.58. The highest BCUT2D eigenvalue weighted by Crippen LogP contribution is 2.36. The van der Waals surface area contributed by atoms with E-state index in [-0.39, 0.29) is 6.04 Å². The quantitative estimate of drug-likeness (QED) is 0.831. The summed E-state index contributed by atoms with van der Waals surface area (Å²) in [4.78, 5) is 13.8. The van der Waals surface area contributed by atoms with Crippen LogP contribution < -0.4 is 4.74 Å². The van der Waals surface area contributed by atoms with Gasteiger partial charge in [0, 0.05) is 11.6 Å². The van der Waals surface area contributed by atoms with Crippen LogP contribution in [-0.2, 0) is 4.79 Å². The van der Waals surface area contributed by atoms with Gasteiger partial charge in [0.25, 0.3) is 0 Å². The Morgan fingerprint density at radius 3 is 2.68 bits per heavy atom. The van der Waals surface area contributed by atoms with Gasteiger partial charge in [0.15, 0.2) is 0 Å². The Morgan fingerprint density at radius 2 is 2.04 bits per heavy atom. The van der Waals surface area contributed by atoms with Crippen molar-refractivity contribution in [3.8, 4) is 5.75 Å². The number of carbonyl (C=O) groups is 1. The van der Waals surface area contributed by atoms with Crippen molar-refractivity contribution in [1.29, 1.82) is 0 Å². The molecule has 0 spiro atoms. The van der Waals surface area contributed by atoms with Gasteiger partial charge in [0.2, 0.25) is 0 Å². The summed E-state index contributed by atoms with van der Waals surface area (Å²) in [5.41, 5.74) is 2.05. The lowest BCUT2D eigenvalue weighted by atomic mass is 9.96. The summed E-state index contributed by atoms with van der Waals surface area (Å²) < 4.78 is 5.52. The number of hydrogen-bond donors (Lipinski definition) is 1. The molecule has 132 valence electrons. The summed E-state index contributed by atoms with van der Waals surface area (Å²) in [6.07, 6.45) is 1.55. The van der Waals surface area contributed by atoms with Crippen LogP contribution in [0.1, 0.15) is 36.9 Å². The molecule has 2 aromatic carbocycles. The van der Waals surface area contributed by atoms with Gasteiger partial charge in [-0.3, -0.25) is 9.69 Å².